The van der Waals surface area contributed by atoms with Gasteiger partial charge in [-0.25, -0.2) is 4.39 Å². The highest BCUT2D eigenvalue weighted by molar-refractivity contribution is 6.31. The van der Waals surface area contributed by atoms with Crippen LogP contribution in [0.4, 0.5) is 4.39 Å². The summed E-state index contributed by atoms with van der Waals surface area (Å²) in [5, 5.41) is 0.320. The molecule has 0 heterocycles. The zero-order valence-electron chi connectivity index (χ0n) is 17.9. The molecule has 0 amide bonds. The maximum Gasteiger partial charge on any atom is 0.149 e. The summed E-state index contributed by atoms with van der Waals surface area (Å²) in [6.07, 6.45) is 19.2. The Morgan fingerprint density at radius 3 is 2.39 bits per heavy atom. The van der Waals surface area contributed by atoms with Gasteiger partial charge in [-0.1, -0.05) is 88.6 Å². The second-order valence-corrected chi connectivity index (χ2v) is 9.53. The van der Waals surface area contributed by atoms with Crippen molar-refractivity contribution in [1.82, 2.24) is 0 Å². The van der Waals surface area contributed by atoms with E-state index in [4.69, 9.17) is 11.6 Å². The molecular weight excluding hydrogens is 367 g/mol. The minimum Gasteiger partial charge on any atom is -0.205 e. The maximum atomic E-state index is 14.7. The number of benzene rings is 1. The van der Waals surface area contributed by atoms with Crippen molar-refractivity contribution in [2.45, 2.75) is 97.3 Å². The summed E-state index contributed by atoms with van der Waals surface area (Å²) in [4.78, 5) is 0. The van der Waals surface area contributed by atoms with E-state index in [2.05, 4.69) is 13.0 Å². The minimum atomic E-state index is -0.214. The first kappa shape index (κ1) is 21.9. The fraction of sp³-hybridized carbons (Fsp3) is 0.692. The molecule has 0 N–H and O–H groups in total. The first-order valence-electron chi connectivity index (χ1n) is 11.8. The van der Waals surface area contributed by atoms with E-state index in [0.717, 1.165) is 48.1 Å². The highest BCUT2D eigenvalue weighted by Gasteiger charge is 2.29. The fourth-order valence-electron chi connectivity index (χ4n) is 5.45. The zero-order chi connectivity index (χ0) is 19.9. The molecule has 1 unspecified atom stereocenters. The topological polar surface area (TPSA) is 0 Å². The van der Waals surface area contributed by atoms with E-state index < -0.39 is 0 Å². The van der Waals surface area contributed by atoms with E-state index in [-0.39, 0.29) is 5.82 Å². The lowest BCUT2D eigenvalue weighted by atomic mass is 9.70. The Morgan fingerprint density at radius 1 is 0.964 bits per heavy atom. The van der Waals surface area contributed by atoms with Gasteiger partial charge in [0.1, 0.15) is 5.82 Å². The Bertz CT molecular complexity index is 655. The number of hydrogen-bond acceptors (Lipinski definition) is 0. The van der Waals surface area contributed by atoms with Gasteiger partial charge in [-0.15, -0.1) is 0 Å². The summed E-state index contributed by atoms with van der Waals surface area (Å²) >= 11 is 6.23. The van der Waals surface area contributed by atoms with Crippen LogP contribution in [0.25, 0.3) is 5.57 Å². The quantitative estimate of drug-likeness (QED) is 0.379. The molecule has 0 radical (unpaired) electrons. The molecule has 1 aromatic rings. The number of unbranched alkanes of at least 4 members (excludes halogenated alkanes) is 3. The highest BCUT2D eigenvalue weighted by Crippen LogP contribution is 2.43. The molecule has 0 nitrogen and oxygen atoms in total. The average Bonchev–Trinajstić information content (AvgIpc) is 2.74. The van der Waals surface area contributed by atoms with Crippen LogP contribution in [-0.4, -0.2) is 0 Å². The molecular formula is C26H38ClF. The summed E-state index contributed by atoms with van der Waals surface area (Å²) in [6.45, 7) is 4.31. The van der Waals surface area contributed by atoms with E-state index in [1.54, 1.807) is 0 Å². The first-order valence-corrected chi connectivity index (χ1v) is 12.2. The van der Waals surface area contributed by atoms with Crippen molar-refractivity contribution < 1.29 is 4.39 Å². The van der Waals surface area contributed by atoms with Gasteiger partial charge in [0, 0.05) is 5.56 Å². The molecule has 0 spiro atoms. The van der Waals surface area contributed by atoms with E-state index >= 15 is 0 Å². The van der Waals surface area contributed by atoms with Crippen LogP contribution in [-0.2, 0) is 6.42 Å². The van der Waals surface area contributed by atoms with Gasteiger partial charge in [-0.2, -0.15) is 0 Å². The third-order valence-corrected chi connectivity index (χ3v) is 7.77. The number of halogens is 2. The van der Waals surface area contributed by atoms with Crippen LogP contribution in [0.1, 0.15) is 102 Å². The number of rotatable bonds is 8. The molecule has 1 fully saturated rings. The Kier molecular flexibility index (Phi) is 8.45. The normalized spacial score (nSPS) is 25.6. The molecule has 0 bridgehead atoms. The third-order valence-electron chi connectivity index (χ3n) is 7.36. The lowest BCUT2D eigenvalue weighted by Gasteiger charge is -2.35. The van der Waals surface area contributed by atoms with Gasteiger partial charge in [-0.3, -0.25) is 0 Å². The Hall–Kier alpha value is -0.820. The van der Waals surface area contributed by atoms with Crippen LogP contribution in [0.15, 0.2) is 18.2 Å². The monoisotopic (exact) mass is 404 g/mol. The second-order valence-electron chi connectivity index (χ2n) is 9.15. The lowest BCUT2D eigenvalue weighted by Crippen LogP contribution is -2.23. The van der Waals surface area contributed by atoms with E-state index in [9.17, 15) is 4.39 Å². The Labute approximate surface area is 176 Å². The van der Waals surface area contributed by atoms with Gasteiger partial charge in [-0.05, 0) is 67.4 Å². The van der Waals surface area contributed by atoms with E-state index in [0.29, 0.717) is 5.02 Å². The Balaban J connectivity index is 1.50. The van der Waals surface area contributed by atoms with Gasteiger partial charge in [0.15, 0.2) is 0 Å². The van der Waals surface area contributed by atoms with Crippen molar-refractivity contribution in [2.24, 2.45) is 17.8 Å². The highest BCUT2D eigenvalue weighted by atomic mass is 35.5. The van der Waals surface area contributed by atoms with Gasteiger partial charge in [0.2, 0.25) is 0 Å². The summed E-state index contributed by atoms with van der Waals surface area (Å²) in [6, 6.07) is 3.94. The van der Waals surface area contributed by atoms with Gasteiger partial charge in [0.25, 0.3) is 0 Å². The molecule has 1 aromatic carbocycles. The maximum absolute atomic E-state index is 14.7. The standard InChI is InChI=1S/C26H38ClF/c1-3-5-6-7-8-19-9-11-21(12-10-19)22-13-15-23(16-14-22)24-18-17-20(4-2)25(27)26(24)28/h15,17-19,21-22H,3-14,16H2,1-2H3. The number of hydrogen-bond donors (Lipinski definition) is 0. The van der Waals surface area contributed by atoms with Crippen molar-refractivity contribution in [3.63, 3.8) is 0 Å². The molecule has 28 heavy (non-hydrogen) atoms. The van der Waals surface area contributed by atoms with Gasteiger partial charge < -0.3 is 0 Å². The lowest BCUT2D eigenvalue weighted by molar-refractivity contribution is 0.187. The van der Waals surface area contributed by atoms with Crippen LogP contribution in [0, 0.1) is 23.6 Å². The van der Waals surface area contributed by atoms with Crippen LogP contribution in [0.5, 0.6) is 0 Å². The summed E-state index contributed by atoms with van der Waals surface area (Å²) in [5.41, 5.74) is 2.81. The number of allylic oxidation sites excluding steroid dienone is 2. The summed E-state index contributed by atoms with van der Waals surface area (Å²) in [7, 11) is 0. The van der Waals surface area contributed by atoms with Crippen LogP contribution < -0.4 is 0 Å². The van der Waals surface area contributed by atoms with Gasteiger partial charge >= 0.3 is 0 Å². The van der Waals surface area contributed by atoms with E-state index in [1.165, 1.54) is 69.8 Å². The van der Waals surface area contributed by atoms with Crippen molar-refractivity contribution >= 4 is 17.2 Å². The number of aryl methyl sites for hydroxylation is 1. The second kappa shape index (κ2) is 10.8. The molecule has 1 saturated carbocycles. The van der Waals surface area contributed by atoms with Crippen LogP contribution in [0.2, 0.25) is 5.02 Å². The molecule has 2 aliphatic rings. The predicted molar refractivity (Wildman–Crippen MR) is 120 cm³/mol. The van der Waals surface area contributed by atoms with Crippen molar-refractivity contribution in [3.8, 4) is 0 Å². The molecule has 2 aliphatic carbocycles. The molecule has 156 valence electrons. The summed E-state index contributed by atoms with van der Waals surface area (Å²) in [5.74, 6) is 2.46. The van der Waals surface area contributed by atoms with Crippen LogP contribution >= 0.6 is 11.6 Å². The fourth-order valence-corrected chi connectivity index (χ4v) is 5.74. The summed E-state index contributed by atoms with van der Waals surface area (Å²) < 4.78 is 14.7. The van der Waals surface area contributed by atoms with E-state index in [1.807, 2.05) is 19.1 Å². The van der Waals surface area contributed by atoms with Crippen molar-refractivity contribution in [3.05, 3.63) is 40.2 Å². The molecule has 0 aromatic heterocycles. The smallest absolute Gasteiger partial charge is 0.149 e. The largest absolute Gasteiger partial charge is 0.205 e. The van der Waals surface area contributed by atoms with Crippen LogP contribution in [0.3, 0.4) is 0 Å². The van der Waals surface area contributed by atoms with Crippen molar-refractivity contribution in [1.29, 1.82) is 0 Å². The predicted octanol–water partition coefficient (Wildman–Crippen LogP) is 9.00. The zero-order valence-corrected chi connectivity index (χ0v) is 18.7. The van der Waals surface area contributed by atoms with Gasteiger partial charge in [0.05, 0.1) is 5.02 Å². The third kappa shape index (κ3) is 5.41. The minimum absolute atomic E-state index is 0.214. The molecule has 2 heteroatoms. The molecule has 0 saturated heterocycles. The first-order chi connectivity index (χ1) is 13.6. The molecule has 0 aliphatic heterocycles. The SMILES string of the molecule is CCCCCCC1CCC(C2CC=C(c3ccc(CC)c(Cl)c3F)CC2)CC1. The van der Waals surface area contributed by atoms with Crippen molar-refractivity contribution in [2.75, 3.05) is 0 Å². The molecule has 1 atom stereocenters. The molecule has 3 rings (SSSR count). The average molecular weight is 405 g/mol. The Morgan fingerprint density at radius 2 is 1.75 bits per heavy atom.